The molecule has 0 bridgehead atoms. The number of nitrogens with one attached hydrogen (secondary N) is 2. The first-order valence-corrected chi connectivity index (χ1v) is 11.2. The first kappa shape index (κ1) is 22.8. The van der Waals surface area contributed by atoms with E-state index in [2.05, 4.69) is 22.8 Å². The summed E-state index contributed by atoms with van der Waals surface area (Å²) in [7, 11) is 0. The molecule has 0 spiro atoms. The molecule has 2 aromatic rings. The van der Waals surface area contributed by atoms with E-state index in [-0.39, 0.29) is 25.7 Å². The number of benzene rings is 2. The normalized spacial score (nSPS) is 19.9. The van der Waals surface area contributed by atoms with E-state index in [4.69, 9.17) is 9.47 Å². The zero-order chi connectivity index (χ0) is 23.4. The molecule has 8 nitrogen and oxygen atoms in total. The average Bonchev–Trinajstić information content (AvgIpc) is 3.40. The summed E-state index contributed by atoms with van der Waals surface area (Å²) in [5.41, 5.74) is 4.51. The van der Waals surface area contributed by atoms with Crippen LogP contribution in [0.25, 0.3) is 11.1 Å². The SMILES string of the molecule is CCC[C@@H](NC(=O)C1COCC1NC(=O)OCC1c2ccccc2-c2ccccc21)C(=O)O. The van der Waals surface area contributed by atoms with Gasteiger partial charge in [-0.15, -0.1) is 0 Å². The molecule has 0 aromatic heterocycles. The van der Waals surface area contributed by atoms with Gasteiger partial charge in [0.1, 0.15) is 12.6 Å². The number of hydrogen-bond donors (Lipinski definition) is 3. The van der Waals surface area contributed by atoms with Gasteiger partial charge in [-0.3, -0.25) is 4.79 Å². The van der Waals surface area contributed by atoms with Crippen molar-refractivity contribution in [1.82, 2.24) is 10.6 Å². The standard InChI is InChI=1S/C25H28N2O6/c1-2-7-21(24(29)30)26-23(28)20-12-32-14-22(20)27-25(31)33-13-19-17-10-5-3-8-15(17)16-9-4-6-11-18(16)19/h3-6,8-11,19-22H,2,7,12-14H2,1H3,(H,26,28)(H,27,31)(H,29,30)/t20?,21-,22?/m1/s1. The lowest BCUT2D eigenvalue weighted by Crippen LogP contribution is -2.50. The molecule has 1 fully saturated rings. The maximum absolute atomic E-state index is 12.6. The molecule has 174 valence electrons. The number of carbonyl (C=O) groups excluding carboxylic acids is 2. The fraction of sp³-hybridized carbons (Fsp3) is 0.400. The first-order valence-electron chi connectivity index (χ1n) is 11.2. The Labute approximate surface area is 192 Å². The van der Waals surface area contributed by atoms with Gasteiger partial charge in [-0.2, -0.15) is 0 Å². The molecule has 0 radical (unpaired) electrons. The number of carboxylic acids is 1. The Morgan fingerprint density at radius 3 is 2.30 bits per heavy atom. The summed E-state index contributed by atoms with van der Waals surface area (Å²) in [6, 6.07) is 14.6. The minimum Gasteiger partial charge on any atom is -0.480 e. The molecule has 2 aliphatic rings. The first-order chi connectivity index (χ1) is 16.0. The molecule has 3 atom stereocenters. The summed E-state index contributed by atoms with van der Waals surface area (Å²) < 4.78 is 10.9. The van der Waals surface area contributed by atoms with E-state index in [1.807, 2.05) is 43.3 Å². The quantitative estimate of drug-likeness (QED) is 0.568. The third-order valence-electron chi connectivity index (χ3n) is 6.26. The van der Waals surface area contributed by atoms with Gasteiger partial charge < -0.3 is 25.2 Å². The minimum atomic E-state index is -1.08. The van der Waals surface area contributed by atoms with Crippen LogP contribution < -0.4 is 10.6 Å². The Kier molecular flexibility index (Phi) is 6.93. The van der Waals surface area contributed by atoms with E-state index in [1.165, 1.54) is 0 Å². The van der Waals surface area contributed by atoms with Gasteiger partial charge >= 0.3 is 12.1 Å². The molecule has 4 rings (SSSR count). The molecule has 1 aliphatic heterocycles. The number of amides is 2. The number of carbonyl (C=O) groups is 3. The Morgan fingerprint density at radius 1 is 1.06 bits per heavy atom. The van der Waals surface area contributed by atoms with Crippen molar-refractivity contribution < 1.29 is 29.0 Å². The van der Waals surface area contributed by atoms with E-state index in [9.17, 15) is 19.5 Å². The minimum absolute atomic E-state index is 0.0626. The molecule has 2 unspecified atom stereocenters. The topological polar surface area (TPSA) is 114 Å². The van der Waals surface area contributed by atoms with Crippen LogP contribution in [0.5, 0.6) is 0 Å². The highest BCUT2D eigenvalue weighted by atomic mass is 16.5. The largest absolute Gasteiger partial charge is 0.480 e. The Morgan fingerprint density at radius 2 is 1.70 bits per heavy atom. The Balaban J connectivity index is 1.36. The fourth-order valence-corrected chi connectivity index (χ4v) is 4.57. The van der Waals surface area contributed by atoms with Crippen LogP contribution >= 0.6 is 0 Å². The second kappa shape index (κ2) is 10.0. The lowest BCUT2D eigenvalue weighted by atomic mass is 9.98. The van der Waals surface area contributed by atoms with Gasteiger partial charge in [0, 0.05) is 5.92 Å². The summed E-state index contributed by atoms with van der Waals surface area (Å²) in [5.74, 6) is -2.26. The van der Waals surface area contributed by atoms with Gasteiger partial charge in [-0.25, -0.2) is 9.59 Å². The second-order valence-corrected chi connectivity index (χ2v) is 8.41. The van der Waals surface area contributed by atoms with Gasteiger partial charge in [0.2, 0.25) is 5.91 Å². The van der Waals surface area contributed by atoms with Crippen molar-refractivity contribution in [2.75, 3.05) is 19.8 Å². The van der Waals surface area contributed by atoms with Gasteiger partial charge in [-0.05, 0) is 28.7 Å². The Hall–Kier alpha value is -3.39. The predicted molar refractivity (Wildman–Crippen MR) is 121 cm³/mol. The van der Waals surface area contributed by atoms with E-state index in [0.29, 0.717) is 12.8 Å². The van der Waals surface area contributed by atoms with Crippen LogP contribution in [0.2, 0.25) is 0 Å². The lowest BCUT2D eigenvalue weighted by molar-refractivity contribution is -0.142. The number of alkyl carbamates (subject to hydrolysis) is 1. The number of hydrogen-bond acceptors (Lipinski definition) is 5. The molecule has 1 heterocycles. The number of rotatable bonds is 8. The van der Waals surface area contributed by atoms with Crippen molar-refractivity contribution in [1.29, 1.82) is 0 Å². The summed E-state index contributed by atoms with van der Waals surface area (Å²) >= 11 is 0. The van der Waals surface area contributed by atoms with E-state index < -0.39 is 36.0 Å². The fourth-order valence-electron chi connectivity index (χ4n) is 4.57. The van der Waals surface area contributed by atoms with Gasteiger partial charge in [-0.1, -0.05) is 61.9 Å². The van der Waals surface area contributed by atoms with Crippen LogP contribution in [-0.4, -0.2) is 55.0 Å². The van der Waals surface area contributed by atoms with Crippen molar-refractivity contribution in [3.05, 3.63) is 59.7 Å². The van der Waals surface area contributed by atoms with Crippen LogP contribution in [-0.2, 0) is 19.1 Å². The predicted octanol–water partition coefficient (Wildman–Crippen LogP) is 2.91. The van der Waals surface area contributed by atoms with Crippen molar-refractivity contribution >= 4 is 18.0 Å². The van der Waals surface area contributed by atoms with E-state index in [1.54, 1.807) is 0 Å². The van der Waals surface area contributed by atoms with E-state index >= 15 is 0 Å². The molecule has 1 saturated heterocycles. The van der Waals surface area contributed by atoms with E-state index in [0.717, 1.165) is 22.3 Å². The van der Waals surface area contributed by atoms with Crippen LogP contribution in [0.15, 0.2) is 48.5 Å². The lowest BCUT2D eigenvalue weighted by Gasteiger charge is -2.21. The van der Waals surface area contributed by atoms with Crippen molar-refractivity contribution in [2.45, 2.75) is 37.8 Å². The molecular formula is C25H28N2O6. The molecule has 33 heavy (non-hydrogen) atoms. The van der Waals surface area contributed by atoms with Gasteiger partial charge in [0.15, 0.2) is 0 Å². The maximum atomic E-state index is 12.6. The summed E-state index contributed by atoms with van der Waals surface area (Å²) in [4.78, 5) is 36.5. The van der Waals surface area contributed by atoms with Gasteiger partial charge in [0.25, 0.3) is 0 Å². The zero-order valence-corrected chi connectivity index (χ0v) is 18.5. The van der Waals surface area contributed by atoms with Crippen LogP contribution in [0.4, 0.5) is 4.79 Å². The highest BCUT2D eigenvalue weighted by molar-refractivity contribution is 5.86. The summed E-state index contributed by atoms with van der Waals surface area (Å²) in [6.07, 6.45) is 0.326. The second-order valence-electron chi connectivity index (χ2n) is 8.41. The number of carboxylic acid groups (broad SMARTS) is 1. The van der Waals surface area contributed by atoms with Crippen LogP contribution in [0.3, 0.4) is 0 Å². The maximum Gasteiger partial charge on any atom is 0.407 e. The average molecular weight is 453 g/mol. The zero-order valence-electron chi connectivity index (χ0n) is 18.5. The molecule has 0 saturated carbocycles. The van der Waals surface area contributed by atoms with Crippen LogP contribution in [0, 0.1) is 5.92 Å². The molecule has 2 amide bonds. The summed E-state index contributed by atoms with van der Waals surface area (Å²) in [6.45, 7) is 2.29. The molecule has 1 aliphatic carbocycles. The molecular weight excluding hydrogens is 424 g/mol. The molecule has 8 heteroatoms. The number of ether oxygens (including phenoxy) is 2. The Bertz CT molecular complexity index is 994. The third kappa shape index (κ3) is 4.85. The number of aliphatic carboxylic acids is 1. The highest BCUT2D eigenvalue weighted by Crippen LogP contribution is 2.44. The monoisotopic (exact) mass is 452 g/mol. The van der Waals surface area contributed by atoms with Crippen molar-refractivity contribution in [3.8, 4) is 11.1 Å². The highest BCUT2D eigenvalue weighted by Gasteiger charge is 2.37. The molecule has 3 N–H and O–H groups in total. The van der Waals surface area contributed by atoms with Crippen molar-refractivity contribution in [2.24, 2.45) is 5.92 Å². The summed E-state index contributed by atoms with van der Waals surface area (Å²) in [5, 5.41) is 14.6. The number of fused-ring (bicyclic) bond motifs is 3. The van der Waals surface area contributed by atoms with Crippen LogP contribution in [0.1, 0.15) is 36.8 Å². The third-order valence-corrected chi connectivity index (χ3v) is 6.26. The van der Waals surface area contributed by atoms with Crippen molar-refractivity contribution in [3.63, 3.8) is 0 Å². The smallest absolute Gasteiger partial charge is 0.407 e. The molecule has 2 aromatic carbocycles. The van der Waals surface area contributed by atoms with Gasteiger partial charge in [0.05, 0.1) is 25.2 Å².